The van der Waals surface area contributed by atoms with Crippen LogP contribution in [0.25, 0.3) is 22.0 Å². The van der Waals surface area contributed by atoms with E-state index >= 15 is 0 Å². The van der Waals surface area contributed by atoms with Crippen LogP contribution in [0.2, 0.25) is 0 Å². The fourth-order valence-corrected chi connectivity index (χ4v) is 4.53. The van der Waals surface area contributed by atoms with Gasteiger partial charge in [0.1, 0.15) is 0 Å². The molecule has 34 heavy (non-hydrogen) atoms. The molecule has 7 heteroatoms. The third kappa shape index (κ3) is 4.16. The van der Waals surface area contributed by atoms with E-state index in [0.717, 1.165) is 27.6 Å². The number of rotatable bonds is 5. The summed E-state index contributed by atoms with van der Waals surface area (Å²) in [5.41, 5.74) is 3.21. The Labute approximate surface area is 199 Å². The minimum atomic E-state index is -0.581. The van der Waals surface area contributed by atoms with Crippen molar-refractivity contribution in [3.8, 4) is 28.5 Å². The van der Waals surface area contributed by atoms with Crippen LogP contribution in [0, 0.1) is 0 Å². The number of phenols is 3. The highest BCUT2D eigenvalue weighted by atomic mass is 32.1. The van der Waals surface area contributed by atoms with Crippen LogP contribution < -0.4 is 4.80 Å². The van der Waals surface area contributed by atoms with E-state index in [1.165, 1.54) is 29.7 Å². The number of hydrogen-bond donors (Lipinski definition) is 3. The van der Waals surface area contributed by atoms with E-state index in [-0.39, 0.29) is 5.56 Å². The molecule has 0 unspecified atom stereocenters. The molecule has 0 spiro atoms. The van der Waals surface area contributed by atoms with Gasteiger partial charge in [0.2, 0.25) is 10.6 Å². The van der Waals surface area contributed by atoms with Crippen molar-refractivity contribution in [1.82, 2.24) is 4.68 Å². The van der Waals surface area contributed by atoms with E-state index in [9.17, 15) is 15.3 Å². The number of aromatic nitrogens is 1. The van der Waals surface area contributed by atoms with Gasteiger partial charge in [0, 0.05) is 16.5 Å². The number of phenolic OH excluding ortho intramolecular Hbond substituents is 3. The summed E-state index contributed by atoms with van der Waals surface area (Å²) in [5, 5.41) is 38.6. The van der Waals surface area contributed by atoms with Gasteiger partial charge in [0.25, 0.3) is 0 Å². The second kappa shape index (κ2) is 9.25. The average molecular weight is 468 g/mol. The van der Waals surface area contributed by atoms with Crippen LogP contribution in [0.15, 0.2) is 100 Å². The Morgan fingerprint density at radius 1 is 0.794 bits per heavy atom. The molecule has 0 saturated carbocycles. The van der Waals surface area contributed by atoms with Crippen LogP contribution in [-0.4, -0.2) is 26.2 Å². The lowest BCUT2D eigenvalue weighted by Crippen LogP contribution is -2.12. The van der Waals surface area contributed by atoms with Gasteiger partial charge in [0.05, 0.1) is 18.5 Å². The molecule has 0 aliphatic carbocycles. The van der Waals surface area contributed by atoms with Gasteiger partial charge in [0.15, 0.2) is 11.5 Å². The van der Waals surface area contributed by atoms with Gasteiger partial charge in [-0.05, 0) is 28.5 Å². The van der Waals surface area contributed by atoms with Crippen molar-refractivity contribution in [2.75, 3.05) is 0 Å². The summed E-state index contributed by atoms with van der Waals surface area (Å²) < 4.78 is 1.73. The molecule has 0 fully saturated rings. The van der Waals surface area contributed by atoms with Crippen LogP contribution in [0.1, 0.15) is 11.1 Å². The summed E-state index contributed by atoms with van der Waals surface area (Å²) in [6, 6.07) is 27.0. The summed E-state index contributed by atoms with van der Waals surface area (Å²) in [6.45, 7) is 0.497. The number of nitrogens with zero attached hydrogens (tertiary/aromatic N) is 3. The van der Waals surface area contributed by atoms with Crippen molar-refractivity contribution in [2.45, 2.75) is 6.54 Å². The molecule has 5 rings (SSSR count). The van der Waals surface area contributed by atoms with Gasteiger partial charge in [-0.15, -0.1) is 11.3 Å². The van der Waals surface area contributed by atoms with Crippen molar-refractivity contribution >= 4 is 28.3 Å². The Morgan fingerprint density at radius 3 is 2.41 bits per heavy atom. The maximum atomic E-state index is 10.2. The SMILES string of the molecule is Oc1ccc(C=Nn2c(-c3cccc4ccccc34)csc2=NCc2ccccc2)c(O)c1O. The second-order valence-electron chi connectivity index (χ2n) is 7.66. The Bertz CT molecular complexity index is 1560. The first-order chi connectivity index (χ1) is 16.6. The highest BCUT2D eigenvalue weighted by molar-refractivity contribution is 7.07. The maximum absolute atomic E-state index is 10.2. The van der Waals surface area contributed by atoms with E-state index < -0.39 is 17.2 Å². The molecule has 5 aromatic rings. The molecule has 4 aromatic carbocycles. The summed E-state index contributed by atoms with van der Waals surface area (Å²) in [6.07, 6.45) is 1.44. The van der Waals surface area contributed by atoms with E-state index in [2.05, 4.69) is 23.3 Å². The minimum Gasteiger partial charge on any atom is -0.504 e. The molecule has 1 heterocycles. The van der Waals surface area contributed by atoms with Crippen LogP contribution in [0.4, 0.5) is 0 Å². The molecule has 1 aromatic heterocycles. The van der Waals surface area contributed by atoms with Crippen LogP contribution in [-0.2, 0) is 6.54 Å². The molecule has 0 bridgehead atoms. The number of benzene rings is 4. The predicted molar refractivity (Wildman–Crippen MR) is 135 cm³/mol. The van der Waals surface area contributed by atoms with Crippen LogP contribution in [0.5, 0.6) is 17.2 Å². The zero-order chi connectivity index (χ0) is 23.5. The van der Waals surface area contributed by atoms with E-state index in [0.29, 0.717) is 11.3 Å². The minimum absolute atomic E-state index is 0.270. The fraction of sp³-hybridized carbons (Fsp3) is 0.0370. The maximum Gasteiger partial charge on any atom is 0.206 e. The van der Waals surface area contributed by atoms with Crippen molar-refractivity contribution in [1.29, 1.82) is 0 Å². The Hall–Kier alpha value is -4.36. The Kier molecular flexibility index (Phi) is 5.84. The normalized spacial score (nSPS) is 12.1. The number of aromatic hydroxyl groups is 3. The monoisotopic (exact) mass is 467 g/mol. The number of thiazole rings is 1. The van der Waals surface area contributed by atoms with Gasteiger partial charge in [-0.3, -0.25) is 4.99 Å². The summed E-state index contributed by atoms with van der Waals surface area (Å²) in [7, 11) is 0. The molecular formula is C27H21N3O3S. The molecule has 6 nitrogen and oxygen atoms in total. The Balaban J connectivity index is 1.66. The summed E-state index contributed by atoms with van der Waals surface area (Å²) >= 11 is 1.47. The van der Waals surface area contributed by atoms with E-state index in [1.807, 2.05) is 60.0 Å². The highest BCUT2D eigenvalue weighted by Gasteiger charge is 2.12. The predicted octanol–water partition coefficient (Wildman–Crippen LogP) is 5.47. The smallest absolute Gasteiger partial charge is 0.206 e. The van der Waals surface area contributed by atoms with Gasteiger partial charge in [-0.2, -0.15) is 5.10 Å². The van der Waals surface area contributed by atoms with Crippen LogP contribution in [0.3, 0.4) is 0 Å². The molecule has 0 saturated heterocycles. The summed E-state index contributed by atoms with van der Waals surface area (Å²) in [4.78, 5) is 5.47. The van der Waals surface area contributed by atoms with Crippen molar-refractivity contribution < 1.29 is 15.3 Å². The molecule has 0 radical (unpaired) electrons. The Morgan fingerprint density at radius 2 is 1.56 bits per heavy atom. The zero-order valence-corrected chi connectivity index (χ0v) is 18.9. The van der Waals surface area contributed by atoms with Gasteiger partial charge >= 0.3 is 0 Å². The average Bonchev–Trinajstić information content (AvgIpc) is 3.28. The molecular weight excluding hydrogens is 446 g/mol. The lowest BCUT2D eigenvalue weighted by Gasteiger charge is -2.08. The second-order valence-corrected chi connectivity index (χ2v) is 8.50. The number of fused-ring (bicyclic) bond motifs is 1. The third-order valence-electron chi connectivity index (χ3n) is 5.46. The van der Waals surface area contributed by atoms with Gasteiger partial charge in [-0.25, -0.2) is 4.68 Å². The first kappa shape index (κ1) is 21.5. The van der Waals surface area contributed by atoms with Gasteiger partial charge in [-0.1, -0.05) is 72.8 Å². The molecule has 3 N–H and O–H groups in total. The van der Waals surface area contributed by atoms with Crippen molar-refractivity contribution in [3.63, 3.8) is 0 Å². The third-order valence-corrected chi connectivity index (χ3v) is 6.32. The lowest BCUT2D eigenvalue weighted by molar-refractivity contribution is 0.367. The van der Waals surface area contributed by atoms with E-state index in [1.54, 1.807) is 4.68 Å². The highest BCUT2D eigenvalue weighted by Crippen LogP contribution is 2.36. The number of hydrogen-bond acceptors (Lipinski definition) is 6. The van der Waals surface area contributed by atoms with Crippen LogP contribution >= 0.6 is 11.3 Å². The molecule has 168 valence electrons. The van der Waals surface area contributed by atoms with Crippen molar-refractivity contribution in [3.05, 3.63) is 106 Å². The molecule has 0 amide bonds. The largest absolute Gasteiger partial charge is 0.504 e. The lowest BCUT2D eigenvalue weighted by atomic mass is 10.0. The fourth-order valence-electron chi connectivity index (χ4n) is 3.70. The molecule has 0 aliphatic heterocycles. The van der Waals surface area contributed by atoms with Gasteiger partial charge < -0.3 is 15.3 Å². The van der Waals surface area contributed by atoms with Crippen molar-refractivity contribution in [2.24, 2.45) is 10.1 Å². The molecule has 0 atom stereocenters. The first-order valence-electron chi connectivity index (χ1n) is 10.6. The first-order valence-corrected chi connectivity index (χ1v) is 11.5. The quantitative estimate of drug-likeness (QED) is 0.236. The molecule has 0 aliphatic rings. The van der Waals surface area contributed by atoms with E-state index in [4.69, 9.17) is 4.99 Å². The topological polar surface area (TPSA) is 90.3 Å². The summed E-state index contributed by atoms with van der Waals surface area (Å²) in [5.74, 6) is -1.41. The standard InChI is InChI=1S/C27H21N3O3S/c31-24-14-13-20(25(32)26(24)33)16-29-30-23(22-12-6-10-19-9-4-5-11-21(19)22)17-34-27(30)28-15-18-7-2-1-3-8-18/h1-14,16-17,31-33H,15H2. The zero-order valence-electron chi connectivity index (χ0n) is 18.0.